The quantitative estimate of drug-likeness (QED) is 0.447. The summed E-state index contributed by atoms with van der Waals surface area (Å²) in [5.74, 6) is -5.99. The third-order valence-electron chi connectivity index (χ3n) is 8.96. The van der Waals surface area contributed by atoms with Crippen LogP contribution in [0, 0.1) is 23.7 Å². The Bertz CT molecular complexity index is 1410. The SMILES string of the molecule is CO[C@@H](C(=O)O[C@H](C)[C@H](C)/C=C\C1=CC2=C(Cl)C(=O)[C@]3(C)O[C@]4(O)[C@H](C)[C@@H](C)OC(=O)[C@@H]4[C@H]3C2=CO1)c1ccccc1. The third kappa shape index (κ3) is 4.82. The van der Waals surface area contributed by atoms with Crippen molar-refractivity contribution < 1.29 is 43.2 Å². The van der Waals surface area contributed by atoms with E-state index in [1.807, 2.05) is 31.2 Å². The van der Waals surface area contributed by atoms with Gasteiger partial charge in [0.15, 0.2) is 11.9 Å². The van der Waals surface area contributed by atoms with Gasteiger partial charge < -0.3 is 28.8 Å². The zero-order valence-electron chi connectivity index (χ0n) is 24.3. The molecule has 224 valence electrons. The molecule has 0 spiro atoms. The standard InChI is InChI=1S/C32H35ClO9/c1-16(18(3)40-30(36)27(38-6)20-10-8-7-9-11-20)12-13-21-14-22-23(15-39-21)24-25-29(35)41-19(4)17(2)32(25,37)42-31(24,5)28(34)26(22)33/h7-19,24-25,27,37H,1-6H3/b13-12-/t16-,17-,18-,19-,24-,25+,27-,31-,32-/m1/s1. The van der Waals surface area contributed by atoms with Gasteiger partial charge in [-0.1, -0.05) is 61.9 Å². The summed E-state index contributed by atoms with van der Waals surface area (Å²) in [4.78, 5) is 39.4. The number of benzene rings is 1. The summed E-state index contributed by atoms with van der Waals surface area (Å²) >= 11 is 6.59. The Morgan fingerprint density at radius 3 is 2.50 bits per heavy atom. The number of fused-ring (bicyclic) bond motifs is 5. The predicted octanol–water partition coefficient (Wildman–Crippen LogP) is 4.66. The Labute approximate surface area is 249 Å². The monoisotopic (exact) mass is 598 g/mol. The minimum Gasteiger partial charge on any atom is -0.465 e. The van der Waals surface area contributed by atoms with Crippen LogP contribution in [0.15, 0.2) is 76.8 Å². The van der Waals surface area contributed by atoms with E-state index in [1.165, 1.54) is 20.3 Å². The fourth-order valence-electron chi connectivity index (χ4n) is 6.13. The van der Waals surface area contributed by atoms with E-state index >= 15 is 0 Å². The zero-order chi connectivity index (χ0) is 30.6. The predicted molar refractivity (Wildman–Crippen MR) is 151 cm³/mol. The van der Waals surface area contributed by atoms with Gasteiger partial charge in [0.05, 0.1) is 11.3 Å². The lowest BCUT2D eigenvalue weighted by Crippen LogP contribution is -2.56. The fourth-order valence-corrected chi connectivity index (χ4v) is 6.48. The van der Waals surface area contributed by atoms with Crippen molar-refractivity contribution in [1.82, 2.24) is 0 Å². The highest BCUT2D eigenvalue weighted by Gasteiger charge is 2.72. The van der Waals surface area contributed by atoms with Crippen molar-refractivity contribution in [3.8, 4) is 0 Å². The second-order valence-corrected chi connectivity index (χ2v) is 11.9. The highest BCUT2D eigenvalue weighted by molar-refractivity contribution is 6.45. The van der Waals surface area contributed by atoms with Crippen LogP contribution in [0.2, 0.25) is 0 Å². The first-order valence-corrected chi connectivity index (χ1v) is 14.3. The van der Waals surface area contributed by atoms with E-state index in [0.717, 1.165) is 0 Å². The highest BCUT2D eigenvalue weighted by atomic mass is 35.5. The number of ether oxygens (including phenoxy) is 5. The normalized spacial score (nSPS) is 34.3. The van der Waals surface area contributed by atoms with Crippen LogP contribution in [0.3, 0.4) is 0 Å². The summed E-state index contributed by atoms with van der Waals surface area (Å²) in [7, 11) is 1.45. The number of carbonyl (C=O) groups excluding carboxylic acids is 3. The molecule has 1 aromatic carbocycles. The number of esters is 2. The lowest BCUT2D eigenvalue weighted by Gasteiger charge is -2.42. The van der Waals surface area contributed by atoms with E-state index in [-0.39, 0.29) is 11.0 Å². The molecule has 3 heterocycles. The molecule has 4 aliphatic rings. The van der Waals surface area contributed by atoms with Crippen LogP contribution < -0.4 is 0 Å². The molecule has 2 fully saturated rings. The van der Waals surface area contributed by atoms with Crippen LogP contribution >= 0.6 is 11.6 Å². The summed E-state index contributed by atoms with van der Waals surface area (Å²) in [6, 6.07) is 9.10. The number of rotatable bonds is 7. The van der Waals surface area contributed by atoms with E-state index in [1.54, 1.807) is 45.1 Å². The first-order valence-electron chi connectivity index (χ1n) is 14.0. The van der Waals surface area contributed by atoms with Crippen LogP contribution in [0.5, 0.6) is 0 Å². The molecule has 0 radical (unpaired) electrons. The van der Waals surface area contributed by atoms with Crippen molar-refractivity contribution in [3.05, 3.63) is 82.3 Å². The van der Waals surface area contributed by atoms with Crippen LogP contribution in [0.1, 0.15) is 46.3 Å². The van der Waals surface area contributed by atoms with E-state index < -0.39 is 65.2 Å². The molecular weight excluding hydrogens is 564 g/mol. The van der Waals surface area contributed by atoms with Crippen LogP contribution in [0.25, 0.3) is 0 Å². The summed E-state index contributed by atoms with van der Waals surface area (Å²) in [6.45, 7) is 8.60. The number of hydrogen-bond acceptors (Lipinski definition) is 9. The zero-order valence-corrected chi connectivity index (χ0v) is 25.1. The smallest absolute Gasteiger partial charge is 0.340 e. The van der Waals surface area contributed by atoms with Crippen molar-refractivity contribution in [3.63, 3.8) is 0 Å². The average Bonchev–Trinajstić information content (AvgIpc) is 3.23. The van der Waals surface area contributed by atoms with Gasteiger partial charge in [0.1, 0.15) is 29.5 Å². The Morgan fingerprint density at radius 1 is 1.14 bits per heavy atom. The summed E-state index contributed by atoms with van der Waals surface area (Å²) < 4.78 is 28.5. The second kappa shape index (κ2) is 11.1. The van der Waals surface area contributed by atoms with Gasteiger partial charge in [0.25, 0.3) is 0 Å². The number of aliphatic hydroxyl groups is 1. The third-order valence-corrected chi connectivity index (χ3v) is 9.34. The second-order valence-electron chi connectivity index (χ2n) is 11.5. The molecular formula is C32H35ClO9. The number of carbonyl (C=O) groups is 3. The Morgan fingerprint density at radius 2 is 1.83 bits per heavy atom. The van der Waals surface area contributed by atoms with Crippen LogP contribution in [-0.2, 0) is 38.1 Å². The first-order chi connectivity index (χ1) is 19.8. The molecule has 1 aromatic rings. The minimum atomic E-state index is -1.91. The maximum absolute atomic E-state index is 13.6. The number of hydrogen-bond donors (Lipinski definition) is 1. The molecule has 0 unspecified atom stereocenters. The maximum atomic E-state index is 13.6. The lowest BCUT2D eigenvalue weighted by atomic mass is 9.65. The number of halogens is 1. The van der Waals surface area contributed by atoms with Crippen LogP contribution in [0.4, 0.5) is 0 Å². The minimum absolute atomic E-state index is 0.0765. The average molecular weight is 599 g/mol. The van der Waals surface area contributed by atoms with Crippen molar-refractivity contribution in [2.45, 2.75) is 64.3 Å². The van der Waals surface area contributed by atoms with Gasteiger partial charge in [-0.15, -0.1) is 0 Å². The van der Waals surface area contributed by atoms with Gasteiger partial charge in [0.2, 0.25) is 5.78 Å². The molecule has 1 N–H and O–H groups in total. The molecule has 1 aliphatic carbocycles. The number of Topliss-reactive ketones (excluding diaryl/α,β-unsaturated/α-hetero) is 1. The highest BCUT2D eigenvalue weighted by Crippen LogP contribution is 2.60. The van der Waals surface area contributed by atoms with Gasteiger partial charge in [-0.2, -0.15) is 0 Å². The van der Waals surface area contributed by atoms with E-state index in [0.29, 0.717) is 22.5 Å². The summed E-state index contributed by atoms with van der Waals surface area (Å²) in [6.07, 6.45) is 4.64. The topological polar surface area (TPSA) is 118 Å². The molecule has 2 saturated heterocycles. The van der Waals surface area contributed by atoms with Crippen LogP contribution in [-0.4, -0.2) is 53.5 Å². The van der Waals surface area contributed by atoms with Gasteiger partial charge >= 0.3 is 11.9 Å². The number of ketones is 1. The molecule has 3 aliphatic heterocycles. The fraction of sp³-hybridized carbons (Fsp3) is 0.469. The van der Waals surface area contributed by atoms with E-state index in [4.69, 9.17) is 35.3 Å². The molecule has 0 aromatic heterocycles. The first kappa shape index (κ1) is 30.2. The molecule has 5 rings (SSSR count). The van der Waals surface area contributed by atoms with Crippen molar-refractivity contribution in [2.75, 3.05) is 7.11 Å². The number of methoxy groups -OCH3 is 1. The van der Waals surface area contributed by atoms with Gasteiger partial charge in [-0.3, -0.25) is 9.59 Å². The molecule has 9 nitrogen and oxygen atoms in total. The molecule has 9 atom stereocenters. The van der Waals surface area contributed by atoms with Gasteiger partial charge in [0, 0.05) is 36.0 Å². The number of allylic oxidation sites excluding steroid dienone is 3. The molecule has 10 heteroatoms. The molecule has 42 heavy (non-hydrogen) atoms. The summed E-state index contributed by atoms with van der Waals surface area (Å²) in [5.41, 5.74) is -0.0225. The molecule has 0 amide bonds. The largest absolute Gasteiger partial charge is 0.465 e. The van der Waals surface area contributed by atoms with Crippen molar-refractivity contribution in [1.29, 1.82) is 0 Å². The Kier molecular flexibility index (Phi) is 8.00. The maximum Gasteiger partial charge on any atom is 0.340 e. The van der Waals surface area contributed by atoms with Gasteiger partial charge in [-0.25, -0.2) is 4.79 Å². The summed E-state index contributed by atoms with van der Waals surface area (Å²) in [5, 5.41) is 11.5. The Balaban J connectivity index is 1.34. The Hall–Kier alpha value is -3.24. The van der Waals surface area contributed by atoms with E-state index in [9.17, 15) is 19.5 Å². The molecule has 0 bridgehead atoms. The van der Waals surface area contributed by atoms with E-state index in [2.05, 4.69) is 0 Å². The lowest BCUT2D eigenvalue weighted by molar-refractivity contribution is -0.286. The van der Waals surface area contributed by atoms with Crippen molar-refractivity contribution >= 4 is 29.3 Å². The van der Waals surface area contributed by atoms with Crippen molar-refractivity contribution in [2.24, 2.45) is 23.7 Å². The number of cyclic esters (lactones) is 1. The molecule has 0 saturated carbocycles. The van der Waals surface area contributed by atoms with Gasteiger partial charge in [-0.05, 0) is 38.5 Å².